The van der Waals surface area contributed by atoms with Crippen LogP contribution in [-0.4, -0.2) is 43.7 Å². The Hall–Kier alpha value is -0.770. The van der Waals surface area contributed by atoms with Gasteiger partial charge in [0.05, 0.1) is 6.10 Å². The van der Waals surface area contributed by atoms with E-state index in [9.17, 15) is 0 Å². The fourth-order valence-corrected chi connectivity index (χ4v) is 1.63. The zero-order valence-electron chi connectivity index (χ0n) is 9.20. The molecule has 2 N–H and O–H groups in total. The maximum atomic E-state index is 5.77. The Bertz CT molecular complexity index is 188. The number of hydrogen-bond donors (Lipinski definition) is 1. The number of hydrogen-bond acceptors (Lipinski definition) is 2. The highest BCUT2D eigenvalue weighted by Crippen LogP contribution is 2.13. The van der Waals surface area contributed by atoms with Crippen molar-refractivity contribution in [3.63, 3.8) is 0 Å². The van der Waals surface area contributed by atoms with Crippen molar-refractivity contribution in [3.05, 3.63) is 0 Å². The molecule has 1 saturated heterocycles. The molecule has 0 amide bonds. The van der Waals surface area contributed by atoms with Gasteiger partial charge in [0.15, 0.2) is 5.96 Å². The van der Waals surface area contributed by atoms with E-state index in [1.807, 2.05) is 18.9 Å². The first-order chi connectivity index (χ1) is 6.74. The molecule has 0 aromatic rings. The number of guanidine groups is 1. The molecule has 1 atom stereocenters. The minimum absolute atomic E-state index is 0.333. The Morgan fingerprint density at radius 2 is 2.36 bits per heavy atom. The van der Waals surface area contributed by atoms with E-state index in [1.165, 1.54) is 12.8 Å². The molecule has 1 aliphatic heterocycles. The first kappa shape index (κ1) is 11.3. The van der Waals surface area contributed by atoms with Crippen LogP contribution in [0.25, 0.3) is 0 Å². The van der Waals surface area contributed by atoms with E-state index in [0.717, 1.165) is 26.1 Å². The van der Waals surface area contributed by atoms with Crippen LogP contribution in [-0.2, 0) is 4.74 Å². The van der Waals surface area contributed by atoms with Crippen LogP contribution >= 0.6 is 0 Å². The van der Waals surface area contributed by atoms with Gasteiger partial charge in [-0.25, -0.2) is 0 Å². The van der Waals surface area contributed by atoms with E-state index in [1.54, 1.807) is 0 Å². The number of rotatable bonds is 3. The first-order valence-electron chi connectivity index (χ1n) is 5.36. The van der Waals surface area contributed by atoms with E-state index >= 15 is 0 Å². The van der Waals surface area contributed by atoms with Crippen LogP contribution in [0.4, 0.5) is 0 Å². The van der Waals surface area contributed by atoms with Crippen molar-refractivity contribution >= 4 is 5.96 Å². The van der Waals surface area contributed by atoms with Gasteiger partial charge >= 0.3 is 0 Å². The highest BCUT2D eigenvalue weighted by Gasteiger charge is 2.16. The van der Waals surface area contributed by atoms with Crippen LogP contribution in [0.2, 0.25) is 0 Å². The fourth-order valence-electron chi connectivity index (χ4n) is 1.63. The molecule has 0 aliphatic carbocycles. The quantitative estimate of drug-likeness (QED) is 0.541. The van der Waals surface area contributed by atoms with Crippen molar-refractivity contribution in [2.45, 2.75) is 32.3 Å². The summed E-state index contributed by atoms with van der Waals surface area (Å²) in [7, 11) is 1.96. The van der Waals surface area contributed by atoms with Crippen molar-refractivity contribution in [3.8, 4) is 0 Å². The molecule has 14 heavy (non-hydrogen) atoms. The second kappa shape index (κ2) is 5.86. The van der Waals surface area contributed by atoms with Crippen LogP contribution in [0.1, 0.15) is 26.2 Å². The Morgan fingerprint density at radius 1 is 1.57 bits per heavy atom. The van der Waals surface area contributed by atoms with Crippen LogP contribution in [0, 0.1) is 0 Å². The second-order valence-corrected chi connectivity index (χ2v) is 3.70. The molecule has 1 aliphatic rings. The molecule has 4 nitrogen and oxygen atoms in total. The number of likely N-dealkylation sites (N-methyl/N-ethyl adjacent to an activating group) is 1. The highest BCUT2D eigenvalue weighted by molar-refractivity contribution is 5.77. The molecule has 0 spiro atoms. The largest absolute Gasteiger partial charge is 0.376 e. The zero-order chi connectivity index (χ0) is 10.4. The normalized spacial score (nSPS) is 23.6. The minimum atomic E-state index is 0.333. The molecule has 0 aromatic carbocycles. The summed E-state index contributed by atoms with van der Waals surface area (Å²) < 4.78 is 5.62. The standard InChI is InChI=1S/C10H21N3O/c1-3-12-10(11)13(2)8-9-6-4-5-7-14-9/h9H,3-8H2,1-2H3,(H2,11,12). The number of nitrogens with two attached hydrogens (primary N) is 1. The third kappa shape index (κ3) is 3.54. The maximum Gasteiger partial charge on any atom is 0.191 e. The van der Waals surface area contributed by atoms with Crippen molar-refractivity contribution in [1.82, 2.24) is 4.90 Å². The van der Waals surface area contributed by atoms with Crippen LogP contribution in [0.5, 0.6) is 0 Å². The van der Waals surface area contributed by atoms with Gasteiger partial charge in [0.2, 0.25) is 0 Å². The predicted octanol–water partition coefficient (Wildman–Crippen LogP) is 0.822. The van der Waals surface area contributed by atoms with E-state index in [-0.39, 0.29) is 0 Å². The Kier molecular flexibility index (Phi) is 4.73. The Balaban J connectivity index is 2.31. The lowest BCUT2D eigenvalue weighted by Gasteiger charge is -2.27. The third-order valence-corrected chi connectivity index (χ3v) is 2.46. The molecule has 1 fully saturated rings. The van der Waals surface area contributed by atoms with Crippen LogP contribution in [0.15, 0.2) is 4.99 Å². The molecule has 1 unspecified atom stereocenters. The van der Waals surface area contributed by atoms with E-state index in [4.69, 9.17) is 10.5 Å². The average molecular weight is 199 g/mol. The van der Waals surface area contributed by atoms with Crippen molar-refractivity contribution in [2.75, 3.05) is 26.7 Å². The molecule has 1 rings (SSSR count). The van der Waals surface area contributed by atoms with Gasteiger partial charge in [0, 0.05) is 26.7 Å². The first-order valence-corrected chi connectivity index (χ1v) is 5.36. The lowest BCUT2D eigenvalue weighted by atomic mass is 10.1. The summed E-state index contributed by atoms with van der Waals surface area (Å²) in [6, 6.07) is 0. The summed E-state index contributed by atoms with van der Waals surface area (Å²) in [5.74, 6) is 0.613. The van der Waals surface area contributed by atoms with Crippen molar-refractivity contribution in [2.24, 2.45) is 10.7 Å². The predicted molar refractivity (Wildman–Crippen MR) is 58.4 cm³/mol. The van der Waals surface area contributed by atoms with Crippen molar-refractivity contribution in [1.29, 1.82) is 0 Å². The summed E-state index contributed by atoms with van der Waals surface area (Å²) in [4.78, 5) is 6.13. The third-order valence-electron chi connectivity index (χ3n) is 2.46. The SMILES string of the molecule is CCN=C(N)N(C)CC1CCCCO1. The van der Waals surface area contributed by atoms with E-state index < -0.39 is 0 Å². The lowest BCUT2D eigenvalue weighted by molar-refractivity contribution is 0.00700. The highest BCUT2D eigenvalue weighted by atomic mass is 16.5. The molecule has 82 valence electrons. The monoisotopic (exact) mass is 199 g/mol. The summed E-state index contributed by atoms with van der Waals surface area (Å²) in [6.07, 6.45) is 3.94. The second-order valence-electron chi connectivity index (χ2n) is 3.70. The summed E-state index contributed by atoms with van der Waals surface area (Å²) in [6.45, 7) is 4.47. The number of nitrogens with zero attached hydrogens (tertiary/aromatic N) is 2. The molecular weight excluding hydrogens is 178 g/mol. The van der Waals surface area contributed by atoms with Gasteiger partial charge in [-0.1, -0.05) is 0 Å². The van der Waals surface area contributed by atoms with Gasteiger partial charge in [0.25, 0.3) is 0 Å². The number of aliphatic imine (C=N–C) groups is 1. The van der Waals surface area contributed by atoms with Gasteiger partial charge in [-0.2, -0.15) is 0 Å². The molecule has 4 heteroatoms. The van der Waals surface area contributed by atoms with Gasteiger partial charge < -0.3 is 15.4 Å². The topological polar surface area (TPSA) is 50.8 Å². The van der Waals surface area contributed by atoms with Crippen LogP contribution in [0.3, 0.4) is 0 Å². The molecule has 0 aromatic heterocycles. The van der Waals surface area contributed by atoms with Gasteiger partial charge in [-0.05, 0) is 26.2 Å². The van der Waals surface area contributed by atoms with Crippen LogP contribution < -0.4 is 5.73 Å². The fraction of sp³-hybridized carbons (Fsp3) is 0.900. The average Bonchev–Trinajstić information content (AvgIpc) is 2.19. The van der Waals surface area contributed by atoms with Crippen molar-refractivity contribution < 1.29 is 4.74 Å². The molecule has 0 bridgehead atoms. The van der Waals surface area contributed by atoms with E-state index in [2.05, 4.69) is 4.99 Å². The number of ether oxygens (including phenoxy) is 1. The lowest BCUT2D eigenvalue weighted by Crippen LogP contribution is -2.41. The zero-order valence-corrected chi connectivity index (χ0v) is 9.20. The van der Waals surface area contributed by atoms with Gasteiger partial charge in [-0.15, -0.1) is 0 Å². The minimum Gasteiger partial charge on any atom is -0.376 e. The van der Waals surface area contributed by atoms with E-state index in [0.29, 0.717) is 12.1 Å². The van der Waals surface area contributed by atoms with Gasteiger partial charge in [0.1, 0.15) is 0 Å². The molecule has 0 radical (unpaired) electrons. The molecule has 1 heterocycles. The smallest absolute Gasteiger partial charge is 0.191 e. The molecule has 0 saturated carbocycles. The molecular formula is C10H21N3O. The Morgan fingerprint density at radius 3 is 2.93 bits per heavy atom. The summed E-state index contributed by atoms with van der Waals surface area (Å²) in [5, 5.41) is 0. The summed E-state index contributed by atoms with van der Waals surface area (Å²) in [5.41, 5.74) is 5.77. The summed E-state index contributed by atoms with van der Waals surface area (Å²) >= 11 is 0. The van der Waals surface area contributed by atoms with Gasteiger partial charge in [-0.3, -0.25) is 4.99 Å². The Labute approximate surface area is 86.1 Å². The maximum absolute atomic E-state index is 5.77.